The Morgan fingerprint density at radius 1 is 1.24 bits per heavy atom. The molecule has 0 atom stereocenters. The SMILES string of the molecule is Cc1c(CCl)cccc1O[Si](C)(C)C(C)(C)C. The molecule has 0 unspecified atom stereocenters. The van der Waals surface area contributed by atoms with Crippen molar-refractivity contribution in [3.05, 3.63) is 29.3 Å². The number of rotatable bonds is 3. The van der Waals surface area contributed by atoms with Crippen LogP contribution in [-0.4, -0.2) is 8.32 Å². The van der Waals surface area contributed by atoms with Crippen molar-refractivity contribution in [2.45, 2.75) is 51.7 Å². The predicted molar refractivity (Wildman–Crippen MR) is 78.6 cm³/mol. The van der Waals surface area contributed by atoms with Crippen LogP contribution in [0.2, 0.25) is 18.1 Å². The highest BCUT2D eigenvalue weighted by molar-refractivity contribution is 6.74. The summed E-state index contributed by atoms with van der Waals surface area (Å²) in [4.78, 5) is 0. The van der Waals surface area contributed by atoms with E-state index in [9.17, 15) is 0 Å². The smallest absolute Gasteiger partial charge is 0.250 e. The molecule has 1 aromatic carbocycles. The van der Waals surface area contributed by atoms with Crippen molar-refractivity contribution in [2.75, 3.05) is 0 Å². The van der Waals surface area contributed by atoms with Crippen molar-refractivity contribution in [3.63, 3.8) is 0 Å². The Kier molecular flexibility index (Phi) is 4.31. The molecule has 96 valence electrons. The van der Waals surface area contributed by atoms with Crippen molar-refractivity contribution in [2.24, 2.45) is 0 Å². The normalized spacial score (nSPS) is 12.6. The van der Waals surface area contributed by atoms with Gasteiger partial charge in [0.25, 0.3) is 0 Å². The molecule has 1 aromatic rings. The summed E-state index contributed by atoms with van der Waals surface area (Å²) in [5.74, 6) is 1.54. The van der Waals surface area contributed by atoms with Gasteiger partial charge in [0, 0.05) is 5.88 Å². The van der Waals surface area contributed by atoms with Gasteiger partial charge in [0.15, 0.2) is 0 Å². The number of alkyl halides is 1. The number of hydrogen-bond acceptors (Lipinski definition) is 1. The Bertz CT molecular complexity index is 394. The van der Waals surface area contributed by atoms with Gasteiger partial charge in [-0.1, -0.05) is 32.9 Å². The maximum Gasteiger partial charge on any atom is 0.250 e. The van der Waals surface area contributed by atoms with E-state index in [1.54, 1.807) is 0 Å². The highest BCUT2D eigenvalue weighted by atomic mass is 35.5. The summed E-state index contributed by atoms with van der Waals surface area (Å²) in [5.41, 5.74) is 2.33. The molecule has 0 aliphatic carbocycles. The van der Waals surface area contributed by atoms with Gasteiger partial charge in [0.1, 0.15) is 5.75 Å². The third-order valence-electron chi connectivity index (χ3n) is 3.71. The molecule has 0 N–H and O–H groups in total. The minimum atomic E-state index is -1.76. The maximum atomic E-state index is 6.32. The van der Waals surface area contributed by atoms with E-state index in [2.05, 4.69) is 46.9 Å². The highest BCUT2D eigenvalue weighted by Crippen LogP contribution is 2.38. The average molecular weight is 271 g/mol. The summed E-state index contributed by atoms with van der Waals surface area (Å²) >= 11 is 5.92. The molecule has 0 heterocycles. The van der Waals surface area contributed by atoms with Gasteiger partial charge in [-0.3, -0.25) is 0 Å². The minimum Gasteiger partial charge on any atom is -0.543 e. The molecule has 0 aliphatic rings. The number of halogens is 1. The maximum absolute atomic E-state index is 6.32. The van der Waals surface area contributed by atoms with Crippen molar-refractivity contribution in [1.29, 1.82) is 0 Å². The van der Waals surface area contributed by atoms with E-state index >= 15 is 0 Å². The standard InChI is InChI=1S/C14H23ClOSi/c1-11-12(10-15)8-7-9-13(11)16-17(5,6)14(2,3)4/h7-9H,10H2,1-6H3. The van der Waals surface area contributed by atoms with Crippen molar-refractivity contribution >= 4 is 19.9 Å². The number of hydrogen-bond donors (Lipinski definition) is 0. The zero-order chi connectivity index (χ0) is 13.3. The van der Waals surface area contributed by atoms with Crippen molar-refractivity contribution < 1.29 is 4.43 Å². The topological polar surface area (TPSA) is 9.23 Å². The second-order valence-electron chi connectivity index (χ2n) is 6.04. The van der Waals surface area contributed by atoms with E-state index in [4.69, 9.17) is 16.0 Å². The lowest BCUT2D eigenvalue weighted by Gasteiger charge is -2.37. The molecule has 0 aromatic heterocycles. The summed E-state index contributed by atoms with van der Waals surface area (Å²) in [6, 6.07) is 6.12. The van der Waals surface area contributed by atoms with Gasteiger partial charge in [-0.25, -0.2) is 0 Å². The fourth-order valence-electron chi connectivity index (χ4n) is 1.34. The lowest BCUT2D eigenvalue weighted by atomic mass is 10.1. The Hall–Kier alpha value is -0.473. The van der Waals surface area contributed by atoms with Crippen LogP contribution < -0.4 is 4.43 Å². The summed E-state index contributed by atoms with van der Waals surface area (Å²) < 4.78 is 6.32. The fraction of sp³-hybridized carbons (Fsp3) is 0.571. The van der Waals surface area contributed by atoms with Gasteiger partial charge in [0.05, 0.1) is 0 Å². The van der Waals surface area contributed by atoms with Crippen LogP contribution in [0.4, 0.5) is 0 Å². The van der Waals surface area contributed by atoms with Crippen LogP contribution in [0.3, 0.4) is 0 Å². The number of benzene rings is 1. The summed E-state index contributed by atoms with van der Waals surface area (Å²) in [7, 11) is -1.76. The Balaban J connectivity index is 3.04. The third-order valence-corrected chi connectivity index (χ3v) is 8.34. The highest BCUT2D eigenvalue weighted by Gasteiger charge is 2.39. The van der Waals surface area contributed by atoms with Crippen LogP contribution in [0, 0.1) is 6.92 Å². The Morgan fingerprint density at radius 3 is 2.29 bits per heavy atom. The summed E-state index contributed by atoms with van der Waals surface area (Å²) in [6.45, 7) is 13.4. The molecule has 0 aliphatic heterocycles. The predicted octanol–water partition coefficient (Wildman–Crippen LogP) is 5.12. The van der Waals surface area contributed by atoms with Crippen LogP contribution in [-0.2, 0) is 5.88 Å². The van der Waals surface area contributed by atoms with Crippen LogP contribution in [0.25, 0.3) is 0 Å². The van der Waals surface area contributed by atoms with Crippen molar-refractivity contribution in [1.82, 2.24) is 0 Å². The van der Waals surface area contributed by atoms with Gasteiger partial charge in [0.2, 0.25) is 8.32 Å². The second-order valence-corrected chi connectivity index (χ2v) is 11.0. The first-order valence-electron chi connectivity index (χ1n) is 6.02. The van der Waals surface area contributed by atoms with E-state index in [0.717, 1.165) is 11.3 Å². The molecule has 0 bridgehead atoms. The first kappa shape index (κ1) is 14.6. The van der Waals surface area contributed by atoms with E-state index < -0.39 is 8.32 Å². The molecule has 1 nitrogen and oxygen atoms in total. The van der Waals surface area contributed by atoms with E-state index in [1.807, 2.05) is 12.1 Å². The van der Waals surface area contributed by atoms with Crippen LogP contribution in [0.5, 0.6) is 5.75 Å². The van der Waals surface area contributed by atoms with E-state index in [-0.39, 0.29) is 5.04 Å². The van der Waals surface area contributed by atoms with Crippen molar-refractivity contribution in [3.8, 4) is 5.75 Å². The van der Waals surface area contributed by atoms with Gasteiger partial charge < -0.3 is 4.43 Å². The molecule has 0 fully saturated rings. The van der Waals surface area contributed by atoms with Crippen LogP contribution >= 0.6 is 11.6 Å². The summed E-state index contributed by atoms with van der Waals surface area (Å²) in [5, 5.41) is 0.219. The lowest BCUT2D eigenvalue weighted by Crippen LogP contribution is -2.44. The third kappa shape index (κ3) is 3.26. The molecule has 0 amide bonds. The molecule has 17 heavy (non-hydrogen) atoms. The Morgan fingerprint density at radius 2 is 1.82 bits per heavy atom. The molecule has 3 heteroatoms. The van der Waals surface area contributed by atoms with Gasteiger partial charge >= 0.3 is 0 Å². The molecule has 0 spiro atoms. The van der Waals surface area contributed by atoms with Gasteiger partial charge in [-0.15, -0.1) is 11.6 Å². The zero-order valence-corrected chi connectivity index (χ0v) is 13.5. The van der Waals surface area contributed by atoms with Crippen LogP contribution in [0.15, 0.2) is 18.2 Å². The molecule has 0 saturated carbocycles. The fourth-order valence-corrected chi connectivity index (χ4v) is 2.71. The quantitative estimate of drug-likeness (QED) is 0.547. The molecular formula is C14H23ClOSi. The Labute approximate surface area is 111 Å². The van der Waals surface area contributed by atoms with Crippen LogP contribution in [0.1, 0.15) is 31.9 Å². The molecule has 1 rings (SSSR count). The first-order valence-corrected chi connectivity index (χ1v) is 9.47. The molecular weight excluding hydrogens is 248 g/mol. The zero-order valence-electron chi connectivity index (χ0n) is 11.7. The minimum absolute atomic E-state index is 0.219. The van der Waals surface area contributed by atoms with E-state index in [0.29, 0.717) is 5.88 Å². The van der Waals surface area contributed by atoms with Gasteiger partial charge in [-0.05, 0) is 42.2 Å². The molecule has 0 radical (unpaired) electrons. The monoisotopic (exact) mass is 270 g/mol. The van der Waals surface area contributed by atoms with E-state index in [1.165, 1.54) is 5.56 Å². The average Bonchev–Trinajstić information content (AvgIpc) is 2.19. The van der Waals surface area contributed by atoms with Gasteiger partial charge in [-0.2, -0.15) is 0 Å². The lowest BCUT2D eigenvalue weighted by molar-refractivity contribution is 0.489. The summed E-state index contributed by atoms with van der Waals surface area (Å²) in [6.07, 6.45) is 0. The largest absolute Gasteiger partial charge is 0.543 e. The first-order chi connectivity index (χ1) is 7.69. The second kappa shape index (κ2) is 5.03. The molecule has 0 saturated heterocycles.